The molecule has 0 spiro atoms. The highest BCUT2D eigenvalue weighted by Gasteiger charge is 2.17. The first-order valence-electron chi connectivity index (χ1n) is 6.50. The third-order valence-electron chi connectivity index (χ3n) is 2.74. The Morgan fingerprint density at radius 3 is 2.67 bits per heavy atom. The molecular formula is C15H16FN3OS. The second kappa shape index (κ2) is 6.67. The monoisotopic (exact) mass is 305 g/mol. The van der Waals surface area contributed by atoms with Crippen LogP contribution in [0.5, 0.6) is 0 Å². The molecule has 0 saturated heterocycles. The number of anilines is 1. The summed E-state index contributed by atoms with van der Waals surface area (Å²) < 4.78 is 13.5. The summed E-state index contributed by atoms with van der Waals surface area (Å²) >= 11 is 1.32. The van der Waals surface area contributed by atoms with Crippen molar-refractivity contribution >= 4 is 23.4 Å². The van der Waals surface area contributed by atoms with Gasteiger partial charge < -0.3 is 5.32 Å². The van der Waals surface area contributed by atoms with Crippen LogP contribution in [0.2, 0.25) is 0 Å². The molecular weight excluding hydrogens is 289 g/mol. The van der Waals surface area contributed by atoms with Gasteiger partial charge in [0.1, 0.15) is 16.7 Å². The minimum Gasteiger partial charge on any atom is -0.323 e. The molecule has 1 atom stereocenters. The number of rotatable bonds is 4. The summed E-state index contributed by atoms with van der Waals surface area (Å²) in [5, 5.41) is 2.92. The zero-order valence-corrected chi connectivity index (χ0v) is 12.9. The van der Waals surface area contributed by atoms with Gasteiger partial charge in [-0.2, -0.15) is 0 Å². The van der Waals surface area contributed by atoms with Gasteiger partial charge in [0, 0.05) is 5.69 Å². The van der Waals surface area contributed by atoms with Crippen molar-refractivity contribution in [3.8, 4) is 0 Å². The van der Waals surface area contributed by atoms with Gasteiger partial charge in [0.05, 0.1) is 10.9 Å². The minimum absolute atomic E-state index is 0.185. The number of hydrogen-bond donors (Lipinski definition) is 1. The van der Waals surface area contributed by atoms with Gasteiger partial charge in [-0.3, -0.25) is 4.79 Å². The number of para-hydroxylation sites is 1. The lowest BCUT2D eigenvalue weighted by Crippen LogP contribution is -2.23. The van der Waals surface area contributed by atoms with Gasteiger partial charge in [0.15, 0.2) is 0 Å². The van der Waals surface area contributed by atoms with Gasteiger partial charge in [0.25, 0.3) is 0 Å². The van der Waals surface area contributed by atoms with Gasteiger partial charge in [0.2, 0.25) is 5.91 Å². The number of hydrogen-bond acceptors (Lipinski definition) is 4. The van der Waals surface area contributed by atoms with E-state index in [-0.39, 0.29) is 11.6 Å². The molecule has 0 saturated carbocycles. The van der Waals surface area contributed by atoms with Crippen LogP contribution in [0.4, 0.5) is 10.1 Å². The Morgan fingerprint density at radius 2 is 2.00 bits per heavy atom. The molecule has 1 amide bonds. The van der Waals surface area contributed by atoms with Crippen LogP contribution in [0.1, 0.15) is 18.4 Å². The zero-order chi connectivity index (χ0) is 15.4. The van der Waals surface area contributed by atoms with Crippen LogP contribution in [0.15, 0.2) is 35.4 Å². The number of aromatic nitrogens is 2. The van der Waals surface area contributed by atoms with Crippen LogP contribution in [0, 0.1) is 19.7 Å². The van der Waals surface area contributed by atoms with E-state index >= 15 is 0 Å². The molecule has 0 fully saturated rings. The van der Waals surface area contributed by atoms with Gasteiger partial charge in [-0.1, -0.05) is 23.9 Å². The number of benzene rings is 1. The van der Waals surface area contributed by atoms with E-state index in [1.54, 1.807) is 26.0 Å². The summed E-state index contributed by atoms with van der Waals surface area (Å²) in [6, 6.07) is 7.92. The largest absolute Gasteiger partial charge is 0.323 e. The molecule has 4 nitrogen and oxygen atoms in total. The third kappa shape index (κ3) is 4.26. The number of thioether (sulfide) groups is 1. The number of amides is 1. The van der Waals surface area contributed by atoms with E-state index < -0.39 is 11.1 Å². The molecule has 1 unspecified atom stereocenters. The Bertz CT molecular complexity index is 643. The van der Waals surface area contributed by atoms with Crippen LogP contribution in [0.3, 0.4) is 0 Å². The summed E-state index contributed by atoms with van der Waals surface area (Å²) in [5.41, 5.74) is 1.04. The van der Waals surface area contributed by atoms with Crippen LogP contribution in [-0.2, 0) is 4.79 Å². The third-order valence-corrected chi connectivity index (χ3v) is 3.76. The number of carbonyl (C=O) groups is 1. The lowest BCUT2D eigenvalue weighted by molar-refractivity contribution is -0.115. The van der Waals surface area contributed by atoms with Gasteiger partial charge in [-0.15, -0.1) is 0 Å². The minimum atomic E-state index is -0.447. The Hall–Kier alpha value is -1.95. The molecule has 1 aromatic heterocycles. The molecule has 2 rings (SSSR count). The Kier molecular flexibility index (Phi) is 4.90. The van der Waals surface area contributed by atoms with Crippen LogP contribution < -0.4 is 5.32 Å². The lowest BCUT2D eigenvalue weighted by Gasteiger charge is -2.12. The molecule has 0 bridgehead atoms. The first-order chi connectivity index (χ1) is 9.95. The number of nitrogens with one attached hydrogen (secondary N) is 1. The smallest absolute Gasteiger partial charge is 0.237 e. The van der Waals surface area contributed by atoms with E-state index in [4.69, 9.17) is 0 Å². The van der Waals surface area contributed by atoms with E-state index in [0.29, 0.717) is 5.82 Å². The maximum Gasteiger partial charge on any atom is 0.237 e. The van der Waals surface area contributed by atoms with Gasteiger partial charge in [-0.05, 0) is 39.0 Å². The zero-order valence-electron chi connectivity index (χ0n) is 12.1. The summed E-state index contributed by atoms with van der Waals surface area (Å²) in [7, 11) is 0. The number of aryl methyl sites for hydroxylation is 2. The molecule has 0 aliphatic carbocycles. The van der Waals surface area contributed by atoms with E-state index in [1.165, 1.54) is 23.9 Å². The van der Waals surface area contributed by atoms with Crippen molar-refractivity contribution in [3.05, 3.63) is 47.7 Å². The van der Waals surface area contributed by atoms with E-state index in [2.05, 4.69) is 15.3 Å². The molecule has 0 aliphatic rings. The fourth-order valence-electron chi connectivity index (χ4n) is 1.77. The van der Waals surface area contributed by atoms with E-state index in [9.17, 15) is 9.18 Å². The van der Waals surface area contributed by atoms with Crippen molar-refractivity contribution in [2.75, 3.05) is 5.32 Å². The SMILES string of the molecule is Cc1cc(SC(C)C(=O)Nc2ccccc2F)nc(C)n1. The van der Waals surface area contributed by atoms with Crippen molar-refractivity contribution in [2.24, 2.45) is 0 Å². The molecule has 1 heterocycles. The Morgan fingerprint density at radius 1 is 1.29 bits per heavy atom. The molecule has 0 radical (unpaired) electrons. The van der Waals surface area contributed by atoms with Gasteiger partial charge in [-0.25, -0.2) is 14.4 Å². The molecule has 2 aromatic rings. The quantitative estimate of drug-likeness (QED) is 0.695. The molecule has 21 heavy (non-hydrogen) atoms. The highest BCUT2D eigenvalue weighted by atomic mass is 32.2. The predicted molar refractivity (Wildman–Crippen MR) is 81.9 cm³/mol. The summed E-state index contributed by atoms with van der Waals surface area (Å²) in [6.45, 7) is 5.44. The normalized spacial score (nSPS) is 12.0. The van der Waals surface area contributed by atoms with Crippen LogP contribution in [-0.4, -0.2) is 21.1 Å². The Balaban J connectivity index is 2.04. The second-order valence-corrected chi connectivity index (χ2v) is 5.99. The molecule has 1 aromatic carbocycles. The fraction of sp³-hybridized carbons (Fsp3) is 0.267. The van der Waals surface area contributed by atoms with E-state index in [1.807, 2.05) is 13.0 Å². The highest BCUT2D eigenvalue weighted by Crippen LogP contribution is 2.23. The van der Waals surface area contributed by atoms with Crippen molar-refractivity contribution in [3.63, 3.8) is 0 Å². The average molecular weight is 305 g/mol. The lowest BCUT2D eigenvalue weighted by atomic mass is 10.3. The topological polar surface area (TPSA) is 54.9 Å². The average Bonchev–Trinajstić information content (AvgIpc) is 2.40. The summed E-state index contributed by atoms with van der Waals surface area (Å²) in [4.78, 5) is 20.6. The van der Waals surface area contributed by atoms with Crippen molar-refractivity contribution in [2.45, 2.75) is 31.0 Å². The first-order valence-corrected chi connectivity index (χ1v) is 7.38. The maximum absolute atomic E-state index is 13.5. The standard InChI is InChI=1S/C15H16FN3OS/c1-9-8-14(18-11(3)17-9)21-10(2)15(20)19-13-7-5-4-6-12(13)16/h4-8,10H,1-3H3,(H,19,20). The van der Waals surface area contributed by atoms with Gasteiger partial charge >= 0.3 is 0 Å². The highest BCUT2D eigenvalue weighted by molar-refractivity contribution is 8.00. The second-order valence-electron chi connectivity index (χ2n) is 4.62. The summed E-state index contributed by atoms with van der Waals surface area (Å²) in [6.07, 6.45) is 0. The van der Waals surface area contributed by atoms with Crippen LogP contribution >= 0.6 is 11.8 Å². The molecule has 6 heteroatoms. The number of nitrogens with zero attached hydrogens (tertiary/aromatic N) is 2. The predicted octanol–water partition coefficient (Wildman–Crippen LogP) is 3.35. The molecule has 1 N–H and O–H groups in total. The van der Waals surface area contributed by atoms with Crippen LogP contribution in [0.25, 0.3) is 0 Å². The maximum atomic E-state index is 13.5. The van der Waals surface area contributed by atoms with Crippen molar-refractivity contribution in [1.29, 1.82) is 0 Å². The number of halogens is 1. The van der Waals surface area contributed by atoms with Crippen molar-refractivity contribution in [1.82, 2.24) is 9.97 Å². The fourth-order valence-corrected chi connectivity index (χ4v) is 2.73. The molecule has 110 valence electrons. The molecule has 0 aliphatic heterocycles. The number of carbonyl (C=O) groups excluding carboxylic acids is 1. The first kappa shape index (κ1) is 15.4. The van der Waals surface area contributed by atoms with E-state index in [0.717, 1.165) is 10.7 Å². The Labute approximate surface area is 127 Å². The van der Waals surface area contributed by atoms with Crippen molar-refractivity contribution < 1.29 is 9.18 Å². The summed E-state index contributed by atoms with van der Waals surface area (Å²) in [5.74, 6) is -0.0463.